The highest BCUT2D eigenvalue weighted by Gasteiger charge is 2.43. The molecule has 1 aromatic carbocycles. The first kappa shape index (κ1) is 22.8. The molecule has 3 aliphatic rings. The van der Waals surface area contributed by atoms with Gasteiger partial charge in [0.25, 0.3) is 0 Å². The first-order chi connectivity index (χ1) is 13.8. The lowest BCUT2D eigenvalue weighted by atomic mass is 9.85. The lowest BCUT2D eigenvalue weighted by Gasteiger charge is -2.27. The smallest absolute Gasteiger partial charge is 0.191 e. The summed E-state index contributed by atoms with van der Waals surface area (Å²) in [6.45, 7) is 5.56. The third-order valence-electron chi connectivity index (χ3n) is 6.70. The van der Waals surface area contributed by atoms with Gasteiger partial charge in [0.1, 0.15) is 0 Å². The van der Waals surface area contributed by atoms with Gasteiger partial charge < -0.3 is 15.4 Å². The van der Waals surface area contributed by atoms with E-state index in [2.05, 4.69) is 44.8 Å². The summed E-state index contributed by atoms with van der Waals surface area (Å²) >= 11 is 0. The number of aliphatic imine (C=N–C) groups is 1. The molecule has 0 aromatic heterocycles. The quantitative estimate of drug-likeness (QED) is 0.346. The first-order valence-corrected chi connectivity index (χ1v) is 11.2. The van der Waals surface area contributed by atoms with E-state index in [0.29, 0.717) is 6.04 Å². The second-order valence-corrected chi connectivity index (χ2v) is 8.63. The van der Waals surface area contributed by atoms with Crippen molar-refractivity contribution in [1.82, 2.24) is 15.5 Å². The summed E-state index contributed by atoms with van der Waals surface area (Å²) in [6.07, 6.45) is 8.49. The lowest BCUT2D eigenvalue weighted by Crippen LogP contribution is -2.39. The number of nitrogens with zero attached hydrogens (tertiary/aromatic N) is 2. The summed E-state index contributed by atoms with van der Waals surface area (Å²) in [5.74, 6) is 2.76. The van der Waals surface area contributed by atoms with E-state index >= 15 is 0 Å². The number of nitrogens with one attached hydrogen (secondary N) is 2. The van der Waals surface area contributed by atoms with Gasteiger partial charge in [0.05, 0.1) is 13.2 Å². The molecule has 2 N–H and O–H groups in total. The summed E-state index contributed by atoms with van der Waals surface area (Å²) in [5.41, 5.74) is 2.76. The van der Waals surface area contributed by atoms with Gasteiger partial charge >= 0.3 is 0 Å². The molecule has 162 valence electrons. The summed E-state index contributed by atoms with van der Waals surface area (Å²) < 4.78 is 5.48. The van der Waals surface area contributed by atoms with Crippen molar-refractivity contribution in [2.24, 2.45) is 16.8 Å². The number of ether oxygens (including phenoxy) is 1. The Balaban J connectivity index is 0.00000240. The van der Waals surface area contributed by atoms with E-state index in [1.807, 2.05) is 7.05 Å². The SMILES string of the molecule is CN=C(NCc1ccccc1CN1CCOCC1)NC1CC1C1CCCCC1.I. The second kappa shape index (κ2) is 11.5. The molecule has 2 unspecified atom stereocenters. The maximum Gasteiger partial charge on any atom is 0.191 e. The van der Waals surface area contributed by atoms with E-state index < -0.39 is 0 Å². The van der Waals surface area contributed by atoms with Crippen molar-refractivity contribution in [3.63, 3.8) is 0 Å². The van der Waals surface area contributed by atoms with Crippen LogP contribution in [0.15, 0.2) is 29.3 Å². The molecule has 6 heteroatoms. The molecule has 4 rings (SSSR count). The van der Waals surface area contributed by atoms with Gasteiger partial charge in [-0.15, -0.1) is 24.0 Å². The van der Waals surface area contributed by atoms with Crippen molar-refractivity contribution in [1.29, 1.82) is 0 Å². The highest BCUT2D eigenvalue weighted by molar-refractivity contribution is 14.0. The van der Waals surface area contributed by atoms with E-state index in [4.69, 9.17) is 4.74 Å². The van der Waals surface area contributed by atoms with Crippen LogP contribution in [0.25, 0.3) is 0 Å². The number of hydrogen-bond donors (Lipinski definition) is 2. The zero-order chi connectivity index (χ0) is 19.2. The average molecular weight is 512 g/mol. The third kappa shape index (κ3) is 6.56. The van der Waals surface area contributed by atoms with Crippen LogP contribution >= 0.6 is 24.0 Å². The summed E-state index contributed by atoms with van der Waals surface area (Å²) in [7, 11) is 1.88. The predicted molar refractivity (Wildman–Crippen MR) is 130 cm³/mol. The topological polar surface area (TPSA) is 48.9 Å². The number of rotatable bonds is 6. The summed E-state index contributed by atoms with van der Waals surface area (Å²) in [6, 6.07) is 9.39. The first-order valence-electron chi connectivity index (χ1n) is 11.2. The van der Waals surface area contributed by atoms with Crippen LogP contribution in [0.2, 0.25) is 0 Å². The van der Waals surface area contributed by atoms with E-state index in [1.54, 1.807) is 0 Å². The van der Waals surface area contributed by atoms with Gasteiger partial charge in [0, 0.05) is 39.3 Å². The fourth-order valence-corrected chi connectivity index (χ4v) is 4.90. The number of halogens is 1. The van der Waals surface area contributed by atoms with E-state index in [1.165, 1.54) is 49.7 Å². The van der Waals surface area contributed by atoms with Crippen LogP contribution in [-0.2, 0) is 17.8 Å². The molecule has 0 amide bonds. The maximum absolute atomic E-state index is 5.48. The Labute approximate surface area is 193 Å². The largest absolute Gasteiger partial charge is 0.379 e. The molecule has 3 fully saturated rings. The van der Waals surface area contributed by atoms with Gasteiger partial charge in [-0.3, -0.25) is 9.89 Å². The molecule has 2 saturated carbocycles. The molecule has 29 heavy (non-hydrogen) atoms. The molecule has 0 radical (unpaired) electrons. The van der Waals surface area contributed by atoms with Gasteiger partial charge in [0.15, 0.2) is 5.96 Å². The molecule has 5 nitrogen and oxygen atoms in total. The fourth-order valence-electron chi connectivity index (χ4n) is 4.90. The Morgan fingerprint density at radius 1 is 1.10 bits per heavy atom. The van der Waals surface area contributed by atoms with Gasteiger partial charge in [-0.25, -0.2) is 0 Å². The second-order valence-electron chi connectivity index (χ2n) is 8.63. The molecular weight excluding hydrogens is 475 g/mol. The molecule has 0 bridgehead atoms. The molecular formula is C23H37IN4O. The Kier molecular flexibility index (Phi) is 9.06. The van der Waals surface area contributed by atoms with Crippen molar-refractivity contribution in [3.05, 3.63) is 35.4 Å². The van der Waals surface area contributed by atoms with E-state index in [-0.39, 0.29) is 24.0 Å². The average Bonchev–Trinajstić information content (AvgIpc) is 3.53. The standard InChI is InChI=1S/C23H36N4O.HI/c1-24-23(26-22-15-21(22)18-7-3-2-4-8-18)25-16-19-9-5-6-10-20(19)17-27-11-13-28-14-12-27;/h5-6,9-10,18,21-22H,2-4,7-8,11-17H2,1H3,(H2,24,25,26);1H. The van der Waals surface area contributed by atoms with Crippen LogP contribution in [0.4, 0.5) is 0 Å². The minimum Gasteiger partial charge on any atom is -0.379 e. The molecule has 0 spiro atoms. The molecule has 2 aliphatic carbocycles. The minimum absolute atomic E-state index is 0. The Bertz CT molecular complexity index is 656. The van der Waals surface area contributed by atoms with Gasteiger partial charge in [-0.1, -0.05) is 56.4 Å². The van der Waals surface area contributed by atoms with Crippen molar-refractivity contribution in [2.45, 2.75) is 57.7 Å². The number of morpholine rings is 1. The number of guanidine groups is 1. The van der Waals surface area contributed by atoms with Gasteiger partial charge in [-0.2, -0.15) is 0 Å². The molecule has 2 atom stereocenters. The molecule has 1 heterocycles. The van der Waals surface area contributed by atoms with Crippen molar-refractivity contribution in [2.75, 3.05) is 33.4 Å². The van der Waals surface area contributed by atoms with Crippen LogP contribution in [-0.4, -0.2) is 50.3 Å². The highest BCUT2D eigenvalue weighted by Crippen LogP contribution is 2.44. The summed E-state index contributed by atoms with van der Waals surface area (Å²) in [4.78, 5) is 6.96. The van der Waals surface area contributed by atoms with E-state index in [9.17, 15) is 0 Å². The van der Waals surface area contributed by atoms with Crippen LogP contribution in [0.3, 0.4) is 0 Å². The number of hydrogen-bond acceptors (Lipinski definition) is 3. The van der Waals surface area contributed by atoms with Gasteiger partial charge in [-0.05, 0) is 29.4 Å². The van der Waals surface area contributed by atoms with Crippen molar-refractivity contribution >= 4 is 29.9 Å². The van der Waals surface area contributed by atoms with Crippen LogP contribution in [0, 0.1) is 11.8 Å². The highest BCUT2D eigenvalue weighted by atomic mass is 127. The Hall–Kier alpha value is -0.860. The molecule has 1 saturated heterocycles. The zero-order valence-electron chi connectivity index (χ0n) is 17.7. The maximum atomic E-state index is 5.48. The normalized spacial score (nSPS) is 25.9. The summed E-state index contributed by atoms with van der Waals surface area (Å²) in [5, 5.41) is 7.22. The van der Waals surface area contributed by atoms with Crippen molar-refractivity contribution in [3.8, 4) is 0 Å². The number of benzene rings is 1. The zero-order valence-corrected chi connectivity index (χ0v) is 20.1. The van der Waals surface area contributed by atoms with Crippen LogP contribution in [0.5, 0.6) is 0 Å². The Morgan fingerprint density at radius 2 is 1.83 bits per heavy atom. The molecule has 1 aromatic rings. The van der Waals surface area contributed by atoms with Crippen molar-refractivity contribution < 1.29 is 4.74 Å². The molecule has 1 aliphatic heterocycles. The predicted octanol–water partition coefficient (Wildman–Crippen LogP) is 3.77. The third-order valence-corrected chi connectivity index (χ3v) is 6.70. The monoisotopic (exact) mass is 512 g/mol. The fraction of sp³-hybridized carbons (Fsp3) is 0.696. The lowest BCUT2D eigenvalue weighted by molar-refractivity contribution is 0.0341. The Morgan fingerprint density at radius 3 is 2.55 bits per heavy atom. The van der Waals surface area contributed by atoms with Crippen LogP contribution in [0.1, 0.15) is 49.7 Å². The van der Waals surface area contributed by atoms with E-state index in [0.717, 1.165) is 57.2 Å². The van der Waals surface area contributed by atoms with Crippen LogP contribution < -0.4 is 10.6 Å². The van der Waals surface area contributed by atoms with Gasteiger partial charge in [0.2, 0.25) is 0 Å². The minimum atomic E-state index is 0.